The molecule has 0 bridgehead atoms. The van der Waals surface area contributed by atoms with Crippen molar-refractivity contribution in [3.8, 4) is 5.69 Å². The van der Waals surface area contributed by atoms with Crippen molar-refractivity contribution in [1.29, 1.82) is 0 Å². The number of para-hydroxylation sites is 1. The second-order valence-electron chi connectivity index (χ2n) is 4.45. The smallest absolute Gasteiger partial charge is 0.182 e. The molecule has 0 aliphatic carbocycles. The second-order valence-corrected chi connectivity index (χ2v) is 4.84. The van der Waals surface area contributed by atoms with Crippen LogP contribution >= 0.6 is 12.2 Å². The zero-order valence-electron chi connectivity index (χ0n) is 10.4. The number of halogens is 3. The minimum atomic E-state index is -0.620. The molecule has 0 unspecified atom stereocenters. The van der Waals surface area contributed by atoms with Gasteiger partial charge in [-0.1, -0.05) is 6.07 Å². The zero-order valence-corrected chi connectivity index (χ0v) is 11.2. The highest BCUT2D eigenvalue weighted by molar-refractivity contribution is 7.71. The van der Waals surface area contributed by atoms with E-state index in [1.54, 1.807) is 6.07 Å². The molecule has 102 valence electrons. The summed E-state index contributed by atoms with van der Waals surface area (Å²) in [6.45, 7) is 1.47. The maximum atomic E-state index is 14.1. The van der Waals surface area contributed by atoms with Crippen molar-refractivity contribution in [2.24, 2.45) is 0 Å². The SMILES string of the molecule is Cc1cc(F)c(-n2c(=S)[nH]c3c(F)cccc32)cc1F. The molecule has 0 aliphatic heterocycles. The summed E-state index contributed by atoms with van der Waals surface area (Å²) in [4.78, 5) is 2.67. The summed E-state index contributed by atoms with van der Waals surface area (Å²) < 4.78 is 42.8. The van der Waals surface area contributed by atoms with E-state index in [-0.39, 0.29) is 21.5 Å². The number of fused-ring (bicyclic) bond motifs is 1. The van der Waals surface area contributed by atoms with Crippen LogP contribution < -0.4 is 0 Å². The predicted octanol–water partition coefficient (Wildman–Crippen LogP) is 4.41. The summed E-state index contributed by atoms with van der Waals surface area (Å²) in [6, 6.07) is 6.48. The Hall–Kier alpha value is -2.08. The van der Waals surface area contributed by atoms with Gasteiger partial charge in [0.15, 0.2) is 4.77 Å². The Morgan fingerprint density at radius 2 is 1.80 bits per heavy atom. The van der Waals surface area contributed by atoms with Crippen molar-refractivity contribution in [1.82, 2.24) is 9.55 Å². The number of nitrogens with zero attached hydrogens (tertiary/aromatic N) is 1. The summed E-state index contributed by atoms with van der Waals surface area (Å²) in [6.07, 6.45) is 0. The van der Waals surface area contributed by atoms with Crippen molar-refractivity contribution < 1.29 is 13.2 Å². The van der Waals surface area contributed by atoms with E-state index < -0.39 is 17.5 Å². The number of aromatic nitrogens is 2. The average Bonchev–Trinajstić information content (AvgIpc) is 2.72. The quantitative estimate of drug-likeness (QED) is 0.659. The van der Waals surface area contributed by atoms with Crippen LogP contribution in [0.5, 0.6) is 0 Å². The number of rotatable bonds is 1. The van der Waals surface area contributed by atoms with Crippen molar-refractivity contribution in [3.63, 3.8) is 0 Å². The normalized spacial score (nSPS) is 11.2. The first-order chi connectivity index (χ1) is 9.49. The highest BCUT2D eigenvalue weighted by atomic mass is 32.1. The van der Waals surface area contributed by atoms with Crippen LogP contribution in [0.25, 0.3) is 16.7 Å². The van der Waals surface area contributed by atoms with E-state index in [4.69, 9.17) is 12.2 Å². The molecule has 0 saturated carbocycles. The van der Waals surface area contributed by atoms with E-state index in [1.165, 1.54) is 23.6 Å². The number of imidazole rings is 1. The Morgan fingerprint density at radius 3 is 2.55 bits per heavy atom. The van der Waals surface area contributed by atoms with Crippen LogP contribution in [0.15, 0.2) is 30.3 Å². The molecule has 3 rings (SSSR count). The number of aryl methyl sites for hydroxylation is 1. The van der Waals surface area contributed by atoms with Gasteiger partial charge >= 0.3 is 0 Å². The second kappa shape index (κ2) is 4.49. The fraction of sp³-hybridized carbons (Fsp3) is 0.0714. The van der Waals surface area contributed by atoms with Gasteiger partial charge in [0, 0.05) is 6.07 Å². The van der Waals surface area contributed by atoms with Crippen LogP contribution in [-0.2, 0) is 0 Å². The standard InChI is InChI=1S/C14H9F3N2S/c1-7-5-10(17)12(6-9(7)16)19-11-4-2-3-8(15)13(11)18-14(19)20/h2-6H,1H3,(H,18,20). The Bertz CT molecular complexity index is 880. The number of hydrogen-bond donors (Lipinski definition) is 1. The monoisotopic (exact) mass is 294 g/mol. The van der Waals surface area contributed by atoms with Gasteiger partial charge in [-0.05, 0) is 42.9 Å². The van der Waals surface area contributed by atoms with Gasteiger partial charge in [-0.2, -0.15) is 0 Å². The Labute approximate surface area is 117 Å². The van der Waals surface area contributed by atoms with E-state index in [9.17, 15) is 13.2 Å². The summed E-state index contributed by atoms with van der Waals surface area (Å²) in [7, 11) is 0. The molecule has 0 spiro atoms. The number of H-pyrrole nitrogens is 1. The lowest BCUT2D eigenvalue weighted by Crippen LogP contribution is -2.00. The summed E-state index contributed by atoms with van der Waals surface area (Å²) in [5, 5.41) is 0. The van der Waals surface area contributed by atoms with Crippen LogP contribution in [0.2, 0.25) is 0 Å². The van der Waals surface area contributed by atoms with Crippen LogP contribution in [0, 0.1) is 29.1 Å². The van der Waals surface area contributed by atoms with Gasteiger partial charge < -0.3 is 4.98 Å². The molecule has 0 fully saturated rings. The molecule has 1 heterocycles. The Kier molecular flexibility index (Phi) is 2.90. The van der Waals surface area contributed by atoms with Gasteiger partial charge in [0.05, 0.1) is 11.2 Å². The Balaban J connectivity index is 2.41. The molecule has 6 heteroatoms. The molecular formula is C14H9F3N2S. The summed E-state index contributed by atoms with van der Waals surface area (Å²) in [5.74, 6) is -1.67. The lowest BCUT2D eigenvalue weighted by Gasteiger charge is -2.08. The van der Waals surface area contributed by atoms with Gasteiger partial charge in [-0.3, -0.25) is 4.57 Å². The third kappa shape index (κ3) is 1.84. The Morgan fingerprint density at radius 1 is 1.05 bits per heavy atom. The van der Waals surface area contributed by atoms with Gasteiger partial charge in [-0.15, -0.1) is 0 Å². The van der Waals surface area contributed by atoms with Gasteiger partial charge in [-0.25, -0.2) is 13.2 Å². The molecule has 2 nitrogen and oxygen atoms in total. The summed E-state index contributed by atoms with van der Waals surface area (Å²) in [5.41, 5.74) is 0.675. The van der Waals surface area contributed by atoms with Crippen LogP contribution in [0.4, 0.5) is 13.2 Å². The third-order valence-corrected chi connectivity index (χ3v) is 3.42. The minimum absolute atomic E-state index is 0.0463. The third-order valence-electron chi connectivity index (χ3n) is 3.14. The van der Waals surface area contributed by atoms with Crippen LogP contribution in [-0.4, -0.2) is 9.55 Å². The van der Waals surface area contributed by atoms with Crippen molar-refractivity contribution in [3.05, 3.63) is 58.1 Å². The van der Waals surface area contributed by atoms with Gasteiger partial charge in [0.1, 0.15) is 23.0 Å². The molecule has 3 aromatic rings. The molecular weight excluding hydrogens is 285 g/mol. The summed E-state index contributed by atoms with van der Waals surface area (Å²) >= 11 is 5.08. The van der Waals surface area contributed by atoms with E-state index in [0.29, 0.717) is 5.52 Å². The maximum Gasteiger partial charge on any atom is 0.182 e. The highest BCUT2D eigenvalue weighted by Gasteiger charge is 2.15. The first kappa shape index (κ1) is 12.9. The molecule has 0 radical (unpaired) electrons. The fourth-order valence-corrected chi connectivity index (χ4v) is 2.44. The largest absolute Gasteiger partial charge is 0.328 e. The number of aromatic amines is 1. The van der Waals surface area contributed by atoms with Gasteiger partial charge in [0.2, 0.25) is 0 Å². The molecule has 0 aliphatic rings. The van der Waals surface area contributed by atoms with Crippen molar-refractivity contribution in [2.45, 2.75) is 6.92 Å². The maximum absolute atomic E-state index is 14.1. The van der Waals surface area contributed by atoms with E-state index in [0.717, 1.165) is 12.1 Å². The molecule has 2 aromatic carbocycles. The molecule has 1 aromatic heterocycles. The van der Waals surface area contributed by atoms with E-state index in [1.807, 2.05) is 0 Å². The topological polar surface area (TPSA) is 20.7 Å². The van der Waals surface area contributed by atoms with E-state index in [2.05, 4.69) is 4.98 Å². The first-order valence-electron chi connectivity index (χ1n) is 5.84. The lowest BCUT2D eigenvalue weighted by molar-refractivity contribution is 0.586. The lowest BCUT2D eigenvalue weighted by atomic mass is 10.2. The minimum Gasteiger partial charge on any atom is -0.328 e. The molecule has 0 amide bonds. The zero-order chi connectivity index (χ0) is 14.4. The molecule has 1 N–H and O–H groups in total. The molecule has 20 heavy (non-hydrogen) atoms. The number of nitrogens with one attached hydrogen (secondary N) is 1. The fourth-order valence-electron chi connectivity index (χ4n) is 2.14. The van der Waals surface area contributed by atoms with Crippen molar-refractivity contribution in [2.75, 3.05) is 0 Å². The predicted molar refractivity (Wildman–Crippen MR) is 73.1 cm³/mol. The van der Waals surface area contributed by atoms with Crippen LogP contribution in [0.3, 0.4) is 0 Å². The average molecular weight is 294 g/mol. The first-order valence-corrected chi connectivity index (χ1v) is 6.25. The molecule has 0 atom stereocenters. The van der Waals surface area contributed by atoms with Crippen molar-refractivity contribution >= 4 is 23.3 Å². The molecule has 0 saturated heterocycles. The number of hydrogen-bond acceptors (Lipinski definition) is 1. The highest BCUT2D eigenvalue weighted by Crippen LogP contribution is 2.25. The number of benzene rings is 2. The van der Waals surface area contributed by atoms with E-state index >= 15 is 0 Å². The van der Waals surface area contributed by atoms with Gasteiger partial charge in [0.25, 0.3) is 0 Å². The van der Waals surface area contributed by atoms with Crippen LogP contribution in [0.1, 0.15) is 5.56 Å².